The van der Waals surface area contributed by atoms with Gasteiger partial charge in [0.2, 0.25) is 11.8 Å². The lowest BCUT2D eigenvalue weighted by molar-refractivity contribution is -0.123. The zero-order valence-electron chi connectivity index (χ0n) is 14.7. The summed E-state index contributed by atoms with van der Waals surface area (Å²) in [4.78, 5) is 38.4. The second kappa shape index (κ2) is 9.01. The van der Waals surface area contributed by atoms with Crippen LogP contribution in [0.15, 0.2) is 36.4 Å². The van der Waals surface area contributed by atoms with Crippen molar-refractivity contribution in [2.75, 3.05) is 19.6 Å². The van der Waals surface area contributed by atoms with Crippen molar-refractivity contribution in [1.29, 1.82) is 0 Å². The maximum absolute atomic E-state index is 12.4. The minimum Gasteiger partial charge on any atom is -0.353 e. The predicted molar refractivity (Wildman–Crippen MR) is 105 cm³/mol. The first kappa shape index (κ1) is 19.4. The number of benzene rings is 1. The van der Waals surface area contributed by atoms with E-state index in [9.17, 15) is 14.4 Å². The fourth-order valence-corrected chi connectivity index (χ4v) is 3.86. The van der Waals surface area contributed by atoms with Gasteiger partial charge in [0.1, 0.15) is 0 Å². The Morgan fingerprint density at radius 1 is 1.19 bits per heavy atom. The topological polar surface area (TPSA) is 78.5 Å². The third kappa shape index (κ3) is 5.55. The highest BCUT2D eigenvalue weighted by atomic mass is 35.5. The van der Waals surface area contributed by atoms with Gasteiger partial charge < -0.3 is 15.5 Å². The summed E-state index contributed by atoms with van der Waals surface area (Å²) in [6.07, 6.45) is 1.07. The van der Waals surface area contributed by atoms with Crippen LogP contribution >= 0.6 is 22.9 Å². The van der Waals surface area contributed by atoms with E-state index in [-0.39, 0.29) is 24.3 Å². The highest BCUT2D eigenvalue weighted by Crippen LogP contribution is 2.22. The SMILES string of the molecule is O=C(CCc1ccc(Cl)s1)NCc1ccc(C(=O)N2CCNC(=O)C2)cc1. The number of carbonyl (C=O) groups is 3. The van der Waals surface area contributed by atoms with Crippen molar-refractivity contribution in [2.24, 2.45) is 0 Å². The van der Waals surface area contributed by atoms with E-state index in [1.54, 1.807) is 12.1 Å². The van der Waals surface area contributed by atoms with Crippen LogP contribution in [-0.2, 0) is 22.6 Å². The van der Waals surface area contributed by atoms with Gasteiger partial charge >= 0.3 is 0 Å². The quantitative estimate of drug-likeness (QED) is 0.773. The molecule has 1 aromatic heterocycles. The molecule has 142 valence electrons. The van der Waals surface area contributed by atoms with Crippen molar-refractivity contribution in [1.82, 2.24) is 15.5 Å². The monoisotopic (exact) mass is 405 g/mol. The van der Waals surface area contributed by atoms with Crippen LogP contribution in [0.4, 0.5) is 0 Å². The standard InChI is InChI=1S/C19H20ClN3O3S/c20-16-7-5-15(27-16)6-8-17(24)22-11-13-1-3-14(4-2-13)19(26)23-10-9-21-18(25)12-23/h1-5,7H,6,8-12H2,(H,21,25)(H,22,24). The van der Waals surface area contributed by atoms with Gasteiger partial charge in [-0.05, 0) is 36.2 Å². The minimum absolute atomic E-state index is 0.0287. The lowest BCUT2D eigenvalue weighted by Gasteiger charge is -2.26. The third-order valence-electron chi connectivity index (χ3n) is 4.24. The number of amides is 3. The Hall–Kier alpha value is -2.38. The van der Waals surface area contributed by atoms with Gasteiger partial charge in [-0.3, -0.25) is 14.4 Å². The van der Waals surface area contributed by atoms with E-state index in [0.717, 1.165) is 14.8 Å². The summed E-state index contributed by atoms with van der Waals surface area (Å²) >= 11 is 7.36. The predicted octanol–water partition coefficient (Wildman–Crippen LogP) is 2.22. The van der Waals surface area contributed by atoms with Crippen LogP contribution in [0.25, 0.3) is 0 Å². The molecule has 0 bridgehead atoms. The molecule has 8 heteroatoms. The summed E-state index contributed by atoms with van der Waals surface area (Å²) in [7, 11) is 0. The third-order valence-corrected chi connectivity index (χ3v) is 5.53. The van der Waals surface area contributed by atoms with E-state index in [1.807, 2.05) is 24.3 Å². The Morgan fingerprint density at radius 3 is 2.63 bits per heavy atom. The summed E-state index contributed by atoms with van der Waals surface area (Å²) < 4.78 is 0.727. The molecule has 0 radical (unpaired) electrons. The molecule has 1 saturated heterocycles. The van der Waals surface area contributed by atoms with Crippen molar-refractivity contribution in [2.45, 2.75) is 19.4 Å². The maximum Gasteiger partial charge on any atom is 0.254 e. The highest BCUT2D eigenvalue weighted by molar-refractivity contribution is 7.16. The molecule has 3 amide bonds. The van der Waals surface area contributed by atoms with Crippen LogP contribution in [0.2, 0.25) is 4.34 Å². The number of hydrogen-bond acceptors (Lipinski definition) is 4. The second-order valence-electron chi connectivity index (χ2n) is 6.26. The molecule has 27 heavy (non-hydrogen) atoms. The molecule has 2 N–H and O–H groups in total. The number of halogens is 1. The molecule has 2 aromatic rings. The second-order valence-corrected chi connectivity index (χ2v) is 8.06. The average Bonchev–Trinajstić information content (AvgIpc) is 3.10. The van der Waals surface area contributed by atoms with Crippen LogP contribution in [0.1, 0.15) is 27.2 Å². The van der Waals surface area contributed by atoms with Gasteiger partial charge in [0.15, 0.2) is 0 Å². The van der Waals surface area contributed by atoms with Crippen molar-refractivity contribution in [3.05, 3.63) is 56.7 Å². The average molecular weight is 406 g/mol. The smallest absolute Gasteiger partial charge is 0.254 e. The first-order valence-electron chi connectivity index (χ1n) is 8.67. The first-order chi connectivity index (χ1) is 13.0. The number of nitrogens with one attached hydrogen (secondary N) is 2. The van der Waals surface area contributed by atoms with Crippen LogP contribution in [0, 0.1) is 0 Å². The Balaban J connectivity index is 1.46. The zero-order valence-corrected chi connectivity index (χ0v) is 16.2. The molecular formula is C19H20ClN3O3S. The summed E-state index contributed by atoms with van der Waals surface area (Å²) in [5.41, 5.74) is 1.45. The molecule has 0 spiro atoms. The van der Waals surface area contributed by atoms with Crippen molar-refractivity contribution >= 4 is 40.7 Å². The Labute approximate surface area is 166 Å². The van der Waals surface area contributed by atoms with E-state index in [2.05, 4.69) is 10.6 Å². The van der Waals surface area contributed by atoms with Gasteiger partial charge in [-0.2, -0.15) is 0 Å². The fraction of sp³-hybridized carbons (Fsp3) is 0.316. The molecule has 1 aromatic carbocycles. The van der Waals surface area contributed by atoms with E-state index in [0.29, 0.717) is 38.0 Å². The summed E-state index contributed by atoms with van der Waals surface area (Å²) in [5.74, 6) is -0.326. The zero-order chi connectivity index (χ0) is 19.2. The fourth-order valence-electron chi connectivity index (χ4n) is 2.77. The van der Waals surface area contributed by atoms with Crippen molar-refractivity contribution in [3.8, 4) is 0 Å². The van der Waals surface area contributed by atoms with Gasteiger partial charge in [-0.1, -0.05) is 23.7 Å². The molecule has 1 aliphatic heterocycles. The molecule has 0 aliphatic carbocycles. The van der Waals surface area contributed by atoms with E-state index in [1.165, 1.54) is 16.2 Å². The van der Waals surface area contributed by atoms with E-state index in [4.69, 9.17) is 11.6 Å². The molecule has 1 fully saturated rings. The normalized spacial score (nSPS) is 14.0. The van der Waals surface area contributed by atoms with Crippen molar-refractivity contribution in [3.63, 3.8) is 0 Å². The molecule has 0 unspecified atom stereocenters. The minimum atomic E-state index is -0.157. The maximum atomic E-state index is 12.4. The Bertz CT molecular complexity index is 835. The summed E-state index contributed by atoms with van der Waals surface area (Å²) in [6, 6.07) is 10.8. The van der Waals surface area contributed by atoms with Crippen LogP contribution in [0.3, 0.4) is 0 Å². The van der Waals surface area contributed by atoms with Gasteiger partial charge in [-0.15, -0.1) is 11.3 Å². The number of rotatable bonds is 6. The Morgan fingerprint density at radius 2 is 1.96 bits per heavy atom. The van der Waals surface area contributed by atoms with Crippen molar-refractivity contribution < 1.29 is 14.4 Å². The lowest BCUT2D eigenvalue weighted by atomic mass is 10.1. The van der Waals surface area contributed by atoms with Crippen LogP contribution < -0.4 is 10.6 Å². The summed E-state index contributed by atoms with van der Waals surface area (Å²) in [5, 5.41) is 5.58. The Kier molecular flexibility index (Phi) is 6.47. The molecule has 1 aliphatic rings. The van der Waals surface area contributed by atoms with Crippen LogP contribution in [-0.4, -0.2) is 42.3 Å². The van der Waals surface area contributed by atoms with Gasteiger partial charge in [0, 0.05) is 36.5 Å². The molecule has 0 saturated carbocycles. The molecule has 6 nitrogen and oxygen atoms in total. The highest BCUT2D eigenvalue weighted by Gasteiger charge is 2.22. The molecule has 3 rings (SSSR count). The number of piperazine rings is 1. The lowest BCUT2D eigenvalue weighted by Crippen LogP contribution is -2.49. The summed E-state index contributed by atoms with van der Waals surface area (Å²) in [6.45, 7) is 1.49. The van der Waals surface area contributed by atoms with Crippen LogP contribution in [0.5, 0.6) is 0 Å². The number of carbonyl (C=O) groups excluding carboxylic acids is 3. The van der Waals surface area contributed by atoms with E-state index < -0.39 is 0 Å². The van der Waals surface area contributed by atoms with Gasteiger partial charge in [0.25, 0.3) is 5.91 Å². The largest absolute Gasteiger partial charge is 0.353 e. The first-order valence-corrected chi connectivity index (χ1v) is 9.86. The van der Waals surface area contributed by atoms with E-state index >= 15 is 0 Å². The number of aryl methyl sites for hydroxylation is 1. The number of nitrogens with zero attached hydrogens (tertiary/aromatic N) is 1. The molecular weight excluding hydrogens is 386 g/mol. The number of hydrogen-bond donors (Lipinski definition) is 2. The number of thiophene rings is 1. The van der Waals surface area contributed by atoms with Gasteiger partial charge in [0.05, 0.1) is 10.9 Å². The molecule has 2 heterocycles. The molecule has 0 atom stereocenters. The van der Waals surface area contributed by atoms with Gasteiger partial charge in [-0.25, -0.2) is 0 Å².